The Kier molecular flexibility index (Phi) is 3.36. The Hall–Kier alpha value is -0.0800. The Bertz CT molecular complexity index is 213. The van der Waals surface area contributed by atoms with Crippen molar-refractivity contribution in [3.63, 3.8) is 0 Å². The average Bonchev–Trinajstić information content (AvgIpc) is 2.53. The second kappa shape index (κ2) is 4.42. The highest BCUT2D eigenvalue weighted by Gasteiger charge is 2.36. The lowest BCUT2D eigenvalue weighted by atomic mass is 9.87. The van der Waals surface area contributed by atoms with Gasteiger partial charge in [-0.1, -0.05) is 27.2 Å². The minimum absolute atomic E-state index is 0.421. The van der Waals surface area contributed by atoms with Gasteiger partial charge in [0.05, 0.1) is 13.2 Å². The zero-order valence-corrected chi connectivity index (χ0v) is 10.4. The number of nitrogens with one attached hydrogen (secondary N) is 1. The third kappa shape index (κ3) is 2.36. The van der Waals surface area contributed by atoms with Gasteiger partial charge in [-0.05, 0) is 24.7 Å². The summed E-state index contributed by atoms with van der Waals surface area (Å²) in [7, 11) is 0. The lowest BCUT2D eigenvalue weighted by Crippen LogP contribution is -2.50. The van der Waals surface area contributed by atoms with E-state index in [1.807, 2.05) is 0 Å². The zero-order valence-electron chi connectivity index (χ0n) is 10.4. The maximum atomic E-state index is 5.28. The van der Waals surface area contributed by atoms with Crippen molar-refractivity contribution in [2.45, 2.75) is 46.1 Å². The Labute approximate surface area is 93.8 Å². The second-order valence-corrected chi connectivity index (χ2v) is 5.90. The Morgan fingerprint density at radius 1 is 1.33 bits per heavy atom. The van der Waals surface area contributed by atoms with Crippen molar-refractivity contribution < 1.29 is 4.74 Å². The van der Waals surface area contributed by atoms with E-state index in [-0.39, 0.29) is 0 Å². The van der Waals surface area contributed by atoms with Gasteiger partial charge in [-0.2, -0.15) is 0 Å². The molecule has 0 aromatic heterocycles. The zero-order chi connectivity index (χ0) is 10.9. The van der Waals surface area contributed by atoms with Crippen molar-refractivity contribution in [2.24, 2.45) is 17.3 Å². The van der Waals surface area contributed by atoms with Gasteiger partial charge in [0, 0.05) is 18.0 Å². The van der Waals surface area contributed by atoms with Crippen LogP contribution in [0.3, 0.4) is 0 Å². The molecule has 1 aliphatic heterocycles. The van der Waals surface area contributed by atoms with E-state index < -0.39 is 0 Å². The van der Waals surface area contributed by atoms with E-state index in [0.29, 0.717) is 5.41 Å². The molecule has 0 radical (unpaired) electrons. The summed E-state index contributed by atoms with van der Waals surface area (Å²) in [5, 5.41) is 3.76. The summed E-state index contributed by atoms with van der Waals surface area (Å²) in [4.78, 5) is 0. The molecule has 88 valence electrons. The van der Waals surface area contributed by atoms with Crippen molar-refractivity contribution in [2.75, 3.05) is 19.8 Å². The summed E-state index contributed by atoms with van der Waals surface area (Å²) in [6.45, 7) is 10.1. The monoisotopic (exact) mass is 211 g/mol. The van der Waals surface area contributed by atoms with Crippen molar-refractivity contribution in [1.82, 2.24) is 5.32 Å². The number of ether oxygens (including phenoxy) is 1. The third-order valence-electron chi connectivity index (χ3n) is 4.44. The summed E-state index contributed by atoms with van der Waals surface area (Å²) in [6, 6.07) is 0.757. The fraction of sp³-hybridized carbons (Fsp3) is 1.00. The first kappa shape index (κ1) is 11.4. The van der Waals surface area contributed by atoms with Crippen LogP contribution in [0.5, 0.6) is 0 Å². The van der Waals surface area contributed by atoms with Crippen LogP contribution in [0.2, 0.25) is 0 Å². The van der Waals surface area contributed by atoms with Crippen LogP contribution < -0.4 is 5.32 Å². The summed E-state index contributed by atoms with van der Waals surface area (Å²) in [5.41, 5.74) is 0.421. The molecule has 2 rings (SSSR count). The van der Waals surface area contributed by atoms with Gasteiger partial charge in [0.1, 0.15) is 0 Å². The van der Waals surface area contributed by atoms with Crippen LogP contribution in [-0.2, 0) is 4.74 Å². The summed E-state index contributed by atoms with van der Waals surface area (Å²) in [6.07, 6.45) is 4.14. The standard InChI is InChI=1S/C13H25NO/c1-4-11-5-6-12(10(11)2)14-7-13(3)8-15-9-13/h10-12,14H,4-9H2,1-3H3. The van der Waals surface area contributed by atoms with Crippen LogP contribution in [-0.4, -0.2) is 25.8 Å². The molecule has 1 saturated heterocycles. The summed E-state index contributed by atoms with van der Waals surface area (Å²) >= 11 is 0. The molecule has 1 saturated carbocycles. The third-order valence-corrected chi connectivity index (χ3v) is 4.44. The predicted octanol–water partition coefficient (Wildman–Crippen LogP) is 2.44. The minimum atomic E-state index is 0.421. The normalized spacial score (nSPS) is 39.0. The highest BCUT2D eigenvalue weighted by Crippen LogP contribution is 2.34. The molecule has 0 spiro atoms. The number of hydrogen-bond donors (Lipinski definition) is 1. The molecule has 0 aromatic rings. The van der Waals surface area contributed by atoms with Gasteiger partial charge in [-0.3, -0.25) is 0 Å². The second-order valence-electron chi connectivity index (χ2n) is 5.90. The van der Waals surface area contributed by atoms with Gasteiger partial charge in [0.2, 0.25) is 0 Å². The largest absolute Gasteiger partial charge is 0.380 e. The Balaban J connectivity index is 1.75. The van der Waals surface area contributed by atoms with Crippen molar-refractivity contribution >= 4 is 0 Å². The van der Waals surface area contributed by atoms with Crippen LogP contribution >= 0.6 is 0 Å². The maximum absolute atomic E-state index is 5.28. The molecule has 2 nitrogen and oxygen atoms in total. The molecular formula is C13H25NO. The topological polar surface area (TPSA) is 21.3 Å². The number of rotatable bonds is 4. The maximum Gasteiger partial charge on any atom is 0.0554 e. The van der Waals surface area contributed by atoms with Gasteiger partial charge in [0.15, 0.2) is 0 Å². The molecule has 0 amide bonds. The SMILES string of the molecule is CCC1CCC(NCC2(C)COC2)C1C. The van der Waals surface area contributed by atoms with Crippen LogP contribution in [0, 0.1) is 17.3 Å². The fourth-order valence-corrected chi connectivity index (χ4v) is 3.04. The van der Waals surface area contributed by atoms with Crippen LogP contribution in [0.15, 0.2) is 0 Å². The van der Waals surface area contributed by atoms with Crippen LogP contribution in [0.1, 0.15) is 40.0 Å². The smallest absolute Gasteiger partial charge is 0.0554 e. The van der Waals surface area contributed by atoms with Gasteiger partial charge in [0.25, 0.3) is 0 Å². The highest BCUT2D eigenvalue weighted by atomic mass is 16.5. The molecule has 0 bridgehead atoms. The molecule has 2 fully saturated rings. The molecule has 2 aliphatic rings. The quantitative estimate of drug-likeness (QED) is 0.771. The summed E-state index contributed by atoms with van der Waals surface area (Å²) < 4.78 is 5.28. The molecular weight excluding hydrogens is 186 g/mol. The molecule has 3 atom stereocenters. The van der Waals surface area contributed by atoms with Gasteiger partial charge in [-0.15, -0.1) is 0 Å². The van der Waals surface area contributed by atoms with E-state index in [1.165, 1.54) is 19.3 Å². The molecule has 1 heterocycles. The van der Waals surface area contributed by atoms with Crippen molar-refractivity contribution in [1.29, 1.82) is 0 Å². The molecule has 2 heteroatoms. The van der Waals surface area contributed by atoms with Gasteiger partial charge >= 0.3 is 0 Å². The van der Waals surface area contributed by atoms with E-state index in [9.17, 15) is 0 Å². The van der Waals surface area contributed by atoms with Gasteiger partial charge < -0.3 is 10.1 Å². The lowest BCUT2D eigenvalue weighted by molar-refractivity contribution is -0.100. The molecule has 3 unspecified atom stereocenters. The Morgan fingerprint density at radius 2 is 2.07 bits per heavy atom. The molecule has 1 aliphatic carbocycles. The van der Waals surface area contributed by atoms with Crippen LogP contribution in [0.4, 0.5) is 0 Å². The van der Waals surface area contributed by atoms with E-state index in [2.05, 4.69) is 26.1 Å². The van der Waals surface area contributed by atoms with Crippen molar-refractivity contribution in [3.8, 4) is 0 Å². The van der Waals surface area contributed by atoms with E-state index in [1.54, 1.807) is 0 Å². The minimum Gasteiger partial charge on any atom is -0.380 e. The first-order chi connectivity index (χ1) is 7.14. The Morgan fingerprint density at radius 3 is 2.53 bits per heavy atom. The first-order valence-corrected chi connectivity index (χ1v) is 6.46. The molecule has 1 N–H and O–H groups in total. The predicted molar refractivity (Wildman–Crippen MR) is 62.9 cm³/mol. The summed E-state index contributed by atoms with van der Waals surface area (Å²) in [5.74, 6) is 1.81. The number of hydrogen-bond acceptors (Lipinski definition) is 2. The molecule has 0 aromatic carbocycles. The van der Waals surface area contributed by atoms with E-state index in [0.717, 1.165) is 37.6 Å². The first-order valence-electron chi connectivity index (χ1n) is 6.46. The lowest BCUT2D eigenvalue weighted by Gasteiger charge is -2.39. The average molecular weight is 211 g/mol. The van der Waals surface area contributed by atoms with Crippen LogP contribution in [0.25, 0.3) is 0 Å². The van der Waals surface area contributed by atoms with Gasteiger partial charge in [-0.25, -0.2) is 0 Å². The fourth-order valence-electron chi connectivity index (χ4n) is 3.04. The van der Waals surface area contributed by atoms with E-state index in [4.69, 9.17) is 4.74 Å². The van der Waals surface area contributed by atoms with Crippen molar-refractivity contribution in [3.05, 3.63) is 0 Å². The highest BCUT2D eigenvalue weighted by molar-refractivity contribution is 4.90. The molecule has 15 heavy (non-hydrogen) atoms. The van der Waals surface area contributed by atoms with E-state index >= 15 is 0 Å².